The predicted octanol–water partition coefficient (Wildman–Crippen LogP) is 1.48. The molecule has 0 unspecified atom stereocenters. The fraction of sp³-hybridized carbons (Fsp3) is 0.267. The maximum absolute atomic E-state index is 11.7. The molecule has 7 nitrogen and oxygen atoms in total. The summed E-state index contributed by atoms with van der Waals surface area (Å²) in [5.41, 5.74) is 0.849. The summed E-state index contributed by atoms with van der Waals surface area (Å²) >= 11 is 0. The van der Waals surface area contributed by atoms with Crippen molar-refractivity contribution in [1.29, 1.82) is 0 Å². The molecule has 0 aromatic heterocycles. The molecule has 0 bridgehead atoms. The van der Waals surface area contributed by atoms with Crippen LogP contribution in [0.1, 0.15) is 5.56 Å². The van der Waals surface area contributed by atoms with Crippen molar-refractivity contribution in [2.75, 3.05) is 20.9 Å². The van der Waals surface area contributed by atoms with Crippen molar-refractivity contribution in [2.24, 2.45) is 0 Å². The molecule has 22 heavy (non-hydrogen) atoms. The quantitative estimate of drug-likeness (QED) is 0.343. The van der Waals surface area contributed by atoms with Gasteiger partial charge in [-0.2, -0.15) is 0 Å². The third-order valence-electron chi connectivity index (χ3n) is 2.47. The van der Waals surface area contributed by atoms with Crippen LogP contribution in [-0.2, 0) is 30.4 Å². The third-order valence-corrected chi connectivity index (χ3v) is 2.47. The highest BCUT2D eigenvalue weighted by molar-refractivity contribution is 5.91. The lowest BCUT2D eigenvalue weighted by molar-refractivity contribution is -0.142. The Morgan fingerprint density at radius 1 is 1.05 bits per heavy atom. The van der Waals surface area contributed by atoms with Gasteiger partial charge in [-0.3, -0.25) is 4.90 Å². The predicted molar refractivity (Wildman–Crippen MR) is 76.5 cm³/mol. The molecule has 1 aromatic carbocycles. The summed E-state index contributed by atoms with van der Waals surface area (Å²) in [7, 11) is 2.61. The molecule has 0 saturated heterocycles. The van der Waals surface area contributed by atoms with Gasteiger partial charge >= 0.3 is 18.0 Å². The largest absolute Gasteiger partial charge is 0.466 e. The SMILES string of the molecule is COC(=O)/C=C/C(=O)OCN(C)C(=O)OCc1ccccc1. The van der Waals surface area contributed by atoms with Gasteiger partial charge in [-0.25, -0.2) is 14.4 Å². The van der Waals surface area contributed by atoms with Gasteiger partial charge in [0.25, 0.3) is 0 Å². The van der Waals surface area contributed by atoms with E-state index in [-0.39, 0.29) is 13.3 Å². The van der Waals surface area contributed by atoms with Crippen molar-refractivity contribution in [1.82, 2.24) is 4.90 Å². The minimum atomic E-state index is -0.770. The Balaban J connectivity index is 2.30. The van der Waals surface area contributed by atoms with Gasteiger partial charge in [0.15, 0.2) is 6.73 Å². The molecule has 0 aliphatic carbocycles. The molecule has 1 amide bonds. The monoisotopic (exact) mass is 307 g/mol. The Morgan fingerprint density at radius 2 is 1.68 bits per heavy atom. The second kappa shape index (κ2) is 9.17. The van der Waals surface area contributed by atoms with Gasteiger partial charge < -0.3 is 14.2 Å². The summed E-state index contributed by atoms with van der Waals surface area (Å²) < 4.78 is 14.1. The molecule has 0 heterocycles. The number of hydrogen-bond acceptors (Lipinski definition) is 6. The van der Waals surface area contributed by atoms with Crippen LogP contribution in [0, 0.1) is 0 Å². The Hall–Kier alpha value is -2.83. The zero-order valence-corrected chi connectivity index (χ0v) is 12.4. The van der Waals surface area contributed by atoms with E-state index >= 15 is 0 Å². The highest BCUT2D eigenvalue weighted by atomic mass is 16.6. The minimum Gasteiger partial charge on any atom is -0.466 e. The average molecular weight is 307 g/mol. The highest BCUT2D eigenvalue weighted by Crippen LogP contribution is 2.02. The molecule has 0 fully saturated rings. The van der Waals surface area contributed by atoms with E-state index in [1.807, 2.05) is 30.3 Å². The molecule has 7 heteroatoms. The zero-order valence-electron chi connectivity index (χ0n) is 12.4. The first kappa shape index (κ1) is 17.2. The van der Waals surface area contributed by atoms with Gasteiger partial charge in [-0.05, 0) is 5.56 Å². The van der Waals surface area contributed by atoms with Crippen molar-refractivity contribution >= 4 is 18.0 Å². The van der Waals surface area contributed by atoms with E-state index in [0.717, 1.165) is 22.6 Å². The van der Waals surface area contributed by atoms with Crippen molar-refractivity contribution in [3.05, 3.63) is 48.0 Å². The van der Waals surface area contributed by atoms with E-state index in [2.05, 4.69) is 4.74 Å². The molecule has 0 radical (unpaired) electrons. The molecular weight excluding hydrogens is 290 g/mol. The number of nitrogens with zero attached hydrogens (tertiary/aromatic N) is 1. The van der Waals surface area contributed by atoms with Crippen molar-refractivity contribution in [3.63, 3.8) is 0 Å². The van der Waals surface area contributed by atoms with Crippen LogP contribution in [0.4, 0.5) is 4.79 Å². The lowest BCUT2D eigenvalue weighted by atomic mass is 10.2. The number of esters is 2. The van der Waals surface area contributed by atoms with Gasteiger partial charge in [-0.1, -0.05) is 30.3 Å². The summed E-state index contributed by atoms with van der Waals surface area (Å²) in [6.45, 7) is -0.168. The first-order valence-corrected chi connectivity index (χ1v) is 6.37. The average Bonchev–Trinajstić information content (AvgIpc) is 2.56. The van der Waals surface area contributed by atoms with Gasteiger partial charge in [0, 0.05) is 19.2 Å². The van der Waals surface area contributed by atoms with Crippen molar-refractivity contribution in [2.45, 2.75) is 6.61 Å². The number of carbonyl (C=O) groups is 3. The van der Waals surface area contributed by atoms with E-state index in [1.54, 1.807) is 0 Å². The van der Waals surface area contributed by atoms with E-state index in [4.69, 9.17) is 9.47 Å². The number of hydrogen-bond donors (Lipinski definition) is 0. The second-order valence-corrected chi connectivity index (χ2v) is 4.19. The lowest BCUT2D eigenvalue weighted by Gasteiger charge is -2.16. The number of methoxy groups -OCH3 is 1. The summed E-state index contributed by atoms with van der Waals surface area (Å²) in [5.74, 6) is -1.44. The van der Waals surface area contributed by atoms with Crippen LogP contribution < -0.4 is 0 Å². The van der Waals surface area contributed by atoms with Crippen LogP contribution in [0.25, 0.3) is 0 Å². The maximum Gasteiger partial charge on any atom is 0.412 e. The maximum atomic E-state index is 11.7. The first-order chi connectivity index (χ1) is 10.5. The lowest BCUT2D eigenvalue weighted by Crippen LogP contribution is -2.30. The molecule has 118 valence electrons. The zero-order chi connectivity index (χ0) is 16.4. The molecule has 1 aromatic rings. The fourth-order valence-corrected chi connectivity index (χ4v) is 1.29. The molecule has 0 aliphatic heterocycles. The number of carbonyl (C=O) groups excluding carboxylic acids is 3. The third kappa shape index (κ3) is 6.56. The van der Waals surface area contributed by atoms with E-state index < -0.39 is 18.0 Å². The molecule has 0 atom stereocenters. The molecule has 0 N–H and O–H groups in total. The van der Waals surface area contributed by atoms with E-state index in [0.29, 0.717) is 0 Å². The molecule has 0 aliphatic rings. The number of rotatable bonds is 6. The number of ether oxygens (including phenoxy) is 3. The highest BCUT2D eigenvalue weighted by Gasteiger charge is 2.11. The van der Waals surface area contributed by atoms with Crippen LogP contribution in [0.5, 0.6) is 0 Å². The smallest absolute Gasteiger partial charge is 0.412 e. The van der Waals surface area contributed by atoms with Gasteiger partial charge in [0.2, 0.25) is 0 Å². The van der Waals surface area contributed by atoms with Crippen LogP contribution in [0.2, 0.25) is 0 Å². The normalized spacial score (nSPS) is 10.1. The topological polar surface area (TPSA) is 82.1 Å². The Bertz CT molecular complexity index is 540. The first-order valence-electron chi connectivity index (χ1n) is 6.37. The Kier molecular flexibility index (Phi) is 7.18. The second-order valence-electron chi connectivity index (χ2n) is 4.19. The Labute approximate surface area is 128 Å². The van der Waals surface area contributed by atoms with Crippen LogP contribution >= 0.6 is 0 Å². The van der Waals surface area contributed by atoms with Gasteiger partial charge in [0.1, 0.15) is 6.61 Å². The minimum absolute atomic E-state index is 0.125. The van der Waals surface area contributed by atoms with Crippen molar-refractivity contribution in [3.8, 4) is 0 Å². The van der Waals surface area contributed by atoms with Crippen LogP contribution in [0.15, 0.2) is 42.5 Å². The van der Waals surface area contributed by atoms with E-state index in [9.17, 15) is 14.4 Å². The van der Waals surface area contributed by atoms with Gasteiger partial charge in [0.05, 0.1) is 7.11 Å². The summed E-state index contributed by atoms with van der Waals surface area (Å²) in [6.07, 6.45) is 1.21. The summed E-state index contributed by atoms with van der Waals surface area (Å²) in [4.78, 5) is 34.8. The van der Waals surface area contributed by atoms with Gasteiger partial charge in [-0.15, -0.1) is 0 Å². The fourth-order valence-electron chi connectivity index (χ4n) is 1.29. The molecule has 0 saturated carbocycles. The van der Waals surface area contributed by atoms with Crippen molar-refractivity contribution < 1.29 is 28.6 Å². The van der Waals surface area contributed by atoms with Crippen LogP contribution in [-0.4, -0.2) is 43.8 Å². The Morgan fingerprint density at radius 3 is 2.32 bits per heavy atom. The standard InChI is InChI=1S/C15H17NO6/c1-16(11-22-14(18)9-8-13(17)20-2)15(19)21-10-12-6-4-3-5-7-12/h3-9H,10-11H2,1-2H3/b9-8+. The number of benzene rings is 1. The molecular formula is C15H17NO6. The molecule has 1 rings (SSSR count). The number of amides is 1. The van der Waals surface area contributed by atoms with Crippen LogP contribution in [0.3, 0.4) is 0 Å². The van der Waals surface area contributed by atoms with E-state index in [1.165, 1.54) is 14.2 Å². The molecule has 0 spiro atoms. The summed E-state index contributed by atoms with van der Waals surface area (Å²) in [6, 6.07) is 9.18. The summed E-state index contributed by atoms with van der Waals surface area (Å²) in [5, 5.41) is 0.